The van der Waals surface area contributed by atoms with Crippen molar-refractivity contribution < 1.29 is 22.5 Å². The molecular weight excluding hydrogens is 444 g/mol. The van der Waals surface area contributed by atoms with E-state index in [1.165, 1.54) is 22.2 Å². The first kappa shape index (κ1) is 23.4. The van der Waals surface area contributed by atoms with Crippen molar-refractivity contribution in [2.45, 2.75) is 63.8 Å². The summed E-state index contributed by atoms with van der Waals surface area (Å²) in [6.45, 7) is 6.53. The number of benzene rings is 1. The molecule has 1 aromatic carbocycles. The van der Waals surface area contributed by atoms with E-state index in [4.69, 9.17) is 4.52 Å². The lowest BCUT2D eigenvalue weighted by molar-refractivity contribution is -0.125. The number of rotatable bonds is 6. The van der Waals surface area contributed by atoms with Gasteiger partial charge in [-0.15, -0.1) is 0 Å². The molecule has 2 aliphatic heterocycles. The molecule has 1 unspecified atom stereocenters. The van der Waals surface area contributed by atoms with Gasteiger partial charge in [0.2, 0.25) is 21.8 Å². The van der Waals surface area contributed by atoms with Gasteiger partial charge in [0, 0.05) is 44.2 Å². The molecule has 0 bridgehead atoms. The van der Waals surface area contributed by atoms with Crippen LogP contribution in [0, 0.1) is 13.8 Å². The molecule has 1 fully saturated rings. The van der Waals surface area contributed by atoms with Crippen LogP contribution in [-0.4, -0.2) is 55.4 Å². The Kier molecular flexibility index (Phi) is 6.58. The van der Waals surface area contributed by atoms with E-state index in [1.807, 2.05) is 13.8 Å². The highest BCUT2D eigenvalue weighted by molar-refractivity contribution is 7.89. The van der Waals surface area contributed by atoms with Crippen molar-refractivity contribution in [1.29, 1.82) is 0 Å². The minimum absolute atomic E-state index is 0.214. The van der Waals surface area contributed by atoms with Crippen LogP contribution in [0.5, 0.6) is 0 Å². The fraction of sp³-hybridized carbons (Fsp3) is 0.522. The zero-order chi connectivity index (χ0) is 23.8. The van der Waals surface area contributed by atoms with Gasteiger partial charge < -0.3 is 9.84 Å². The molecular formula is C23H30N4O5S. The molecule has 10 heteroatoms. The summed E-state index contributed by atoms with van der Waals surface area (Å²) in [7, 11) is -3.59. The highest BCUT2D eigenvalue weighted by Gasteiger charge is 2.38. The van der Waals surface area contributed by atoms with Crippen LogP contribution in [0.2, 0.25) is 0 Å². The number of piperidine rings is 1. The number of fused-ring (bicyclic) bond motifs is 1. The maximum Gasteiger partial charge on any atom is 0.243 e. The second-order valence-corrected chi connectivity index (χ2v) is 10.6. The fourth-order valence-electron chi connectivity index (χ4n) is 4.73. The number of carbonyl (C=O) groups excluding carboxylic acids is 2. The van der Waals surface area contributed by atoms with Gasteiger partial charge in [-0.25, -0.2) is 8.42 Å². The molecule has 4 rings (SSSR count). The SMILES string of the molecule is CC(=O)N1c2ccc(S(=O)(=O)N3CCCCC3)cc2CC1C(=O)NCCc1c(C)noc1C. The van der Waals surface area contributed by atoms with E-state index in [1.54, 1.807) is 12.1 Å². The summed E-state index contributed by atoms with van der Waals surface area (Å²) in [6.07, 6.45) is 3.61. The van der Waals surface area contributed by atoms with Crippen molar-refractivity contribution in [3.05, 3.63) is 40.8 Å². The topological polar surface area (TPSA) is 113 Å². The Hall–Kier alpha value is -2.72. The van der Waals surface area contributed by atoms with Crippen molar-refractivity contribution in [3.63, 3.8) is 0 Å². The molecule has 3 heterocycles. The van der Waals surface area contributed by atoms with Crippen LogP contribution in [0.15, 0.2) is 27.6 Å². The summed E-state index contributed by atoms with van der Waals surface area (Å²) >= 11 is 0. The minimum atomic E-state index is -3.59. The first-order chi connectivity index (χ1) is 15.7. The number of sulfonamides is 1. The number of nitrogens with one attached hydrogen (secondary N) is 1. The summed E-state index contributed by atoms with van der Waals surface area (Å²) in [5.74, 6) is 0.197. The highest BCUT2D eigenvalue weighted by atomic mass is 32.2. The predicted molar refractivity (Wildman–Crippen MR) is 122 cm³/mol. The Morgan fingerprint density at radius 3 is 2.55 bits per heavy atom. The molecule has 1 aromatic heterocycles. The van der Waals surface area contributed by atoms with Crippen LogP contribution >= 0.6 is 0 Å². The summed E-state index contributed by atoms with van der Waals surface area (Å²) in [5.41, 5.74) is 3.03. The summed E-state index contributed by atoms with van der Waals surface area (Å²) < 4.78 is 32.8. The first-order valence-corrected chi connectivity index (χ1v) is 12.8. The van der Waals surface area contributed by atoms with E-state index < -0.39 is 16.1 Å². The molecule has 0 radical (unpaired) electrons. The van der Waals surface area contributed by atoms with Crippen LogP contribution in [0.25, 0.3) is 0 Å². The van der Waals surface area contributed by atoms with Crippen molar-refractivity contribution in [2.24, 2.45) is 0 Å². The van der Waals surface area contributed by atoms with Gasteiger partial charge in [-0.2, -0.15) is 4.31 Å². The molecule has 9 nitrogen and oxygen atoms in total. The highest BCUT2D eigenvalue weighted by Crippen LogP contribution is 2.35. The molecule has 1 atom stereocenters. The Balaban J connectivity index is 1.50. The second kappa shape index (κ2) is 9.26. The molecule has 0 spiro atoms. The molecule has 33 heavy (non-hydrogen) atoms. The molecule has 0 saturated carbocycles. The van der Waals surface area contributed by atoms with Crippen LogP contribution in [0.3, 0.4) is 0 Å². The molecule has 1 saturated heterocycles. The quantitative estimate of drug-likeness (QED) is 0.686. The second-order valence-electron chi connectivity index (χ2n) is 8.71. The van der Waals surface area contributed by atoms with Crippen molar-refractivity contribution in [1.82, 2.24) is 14.8 Å². The Morgan fingerprint density at radius 2 is 1.91 bits per heavy atom. The molecule has 1 N–H and O–H groups in total. The summed E-state index contributed by atoms with van der Waals surface area (Å²) in [5, 5.41) is 6.83. The fourth-order valence-corrected chi connectivity index (χ4v) is 6.30. The maximum atomic E-state index is 13.1. The lowest BCUT2D eigenvalue weighted by atomic mass is 10.1. The predicted octanol–water partition coefficient (Wildman–Crippen LogP) is 2.10. The number of hydrogen-bond donors (Lipinski definition) is 1. The smallest absolute Gasteiger partial charge is 0.243 e. The Bertz CT molecular complexity index is 1150. The van der Waals surface area contributed by atoms with Crippen LogP contribution in [-0.2, 0) is 32.5 Å². The van der Waals surface area contributed by atoms with Gasteiger partial charge in [0.25, 0.3) is 0 Å². The number of carbonyl (C=O) groups is 2. The van der Waals surface area contributed by atoms with Gasteiger partial charge in [0.05, 0.1) is 10.6 Å². The molecule has 2 amide bonds. The first-order valence-electron chi connectivity index (χ1n) is 11.3. The largest absolute Gasteiger partial charge is 0.361 e. The lowest BCUT2D eigenvalue weighted by Crippen LogP contribution is -2.47. The zero-order valence-corrected chi connectivity index (χ0v) is 20.1. The van der Waals surface area contributed by atoms with Gasteiger partial charge in [-0.1, -0.05) is 11.6 Å². The number of amides is 2. The van der Waals surface area contributed by atoms with E-state index >= 15 is 0 Å². The van der Waals surface area contributed by atoms with E-state index in [-0.39, 0.29) is 23.1 Å². The van der Waals surface area contributed by atoms with Crippen LogP contribution in [0.4, 0.5) is 5.69 Å². The minimum Gasteiger partial charge on any atom is -0.361 e. The zero-order valence-electron chi connectivity index (χ0n) is 19.3. The third-order valence-corrected chi connectivity index (χ3v) is 8.38. The number of hydrogen-bond acceptors (Lipinski definition) is 6. The lowest BCUT2D eigenvalue weighted by Gasteiger charge is -2.26. The molecule has 2 aromatic rings. The van der Waals surface area contributed by atoms with E-state index in [2.05, 4.69) is 10.5 Å². The molecule has 0 aliphatic carbocycles. The van der Waals surface area contributed by atoms with Crippen LogP contribution < -0.4 is 10.2 Å². The van der Waals surface area contributed by atoms with Gasteiger partial charge in [0.1, 0.15) is 11.8 Å². The number of anilines is 1. The van der Waals surface area contributed by atoms with Crippen molar-refractivity contribution >= 4 is 27.5 Å². The Labute approximate surface area is 194 Å². The maximum absolute atomic E-state index is 13.1. The van der Waals surface area contributed by atoms with Gasteiger partial charge in [-0.05, 0) is 56.9 Å². The van der Waals surface area contributed by atoms with Gasteiger partial charge in [0.15, 0.2) is 0 Å². The van der Waals surface area contributed by atoms with E-state index in [0.29, 0.717) is 37.3 Å². The monoisotopic (exact) mass is 474 g/mol. The van der Waals surface area contributed by atoms with E-state index in [9.17, 15) is 18.0 Å². The number of aromatic nitrogens is 1. The molecule has 178 valence electrons. The summed E-state index contributed by atoms with van der Waals surface area (Å²) in [4.78, 5) is 27.1. The van der Waals surface area contributed by atoms with Gasteiger partial charge >= 0.3 is 0 Å². The average molecular weight is 475 g/mol. The number of aryl methyl sites for hydroxylation is 2. The average Bonchev–Trinajstić information content (AvgIpc) is 3.34. The third-order valence-electron chi connectivity index (χ3n) is 6.49. The summed E-state index contributed by atoms with van der Waals surface area (Å²) in [6, 6.07) is 4.09. The normalized spacial score (nSPS) is 18.9. The van der Waals surface area contributed by atoms with Crippen LogP contribution in [0.1, 0.15) is 48.8 Å². The van der Waals surface area contributed by atoms with Crippen molar-refractivity contribution in [3.8, 4) is 0 Å². The Morgan fingerprint density at radius 1 is 1.18 bits per heavy atom. The standard InChI is InChI=1S/C23H30N4O5S/c1-15-20(16(2)32-25-15)9-10-24-23(29)22-14-18-13-19(7-8-21(18)27(22)17(3)28)33(30,31)26-11-5-4-6-12-26/h7-8,13,22H,4-6,9-12,14H2,1-3H3,(H,24,29). The van der Waals surface area contributed by atoms with Crippen molar-refractivity contribution in [2.75, 3.05) is 24.5 Å². The molecule has 2 aliphatic rings. The van der Waals surface area contributed by atoms with E-state index in [0.717, 1.165) is 36.3 Å². The van der Waals surface area contributed by atoms with Gasteiger partial charge in [-0.3, -0.25) is 14.5 Å². The number of nitrogens with zero attached hydrogens (tertiary/aromatic N) is 3. The third kappa shape index (κ3) is 4.54.